The van der Waals surface area contributed by atoms with E-state index in [4.69, 9.17) is 0 Å². The molecule has 4 nitrogen and oxygen atoms in total. The minimum absolute atomic E-state index is 0.0263. The molecule has 0 bridgehead atoms. The minimum Gasteiger partial charge on any atom is -0.355 e. The summed E-state index contributed by atoms with van der Waals surface area (Å²) in [4.78, 5) is 11.3. The van der Waals surface area contributed by atoms with Crippen LogP contribution in [0.5, 0.6) is 0 Å². The molecule has 0 unspecified atom stereocenters. The molecule has 0 saturated carbocycles. The van der Waals surface area contributed by atoms with E-state index in [0.29, 0.717) is 5.69 Å². The molecule has 0 radical (unpaired) electrons. The first-order valence-corrected chi connectivity index (χ1v) is 4.74. The molecule has 2 aromatic rings. The zero-order chi connectivity index (χ0) is 11.5. The van der Waals surface area contributed by atoms with Crippen LogP contribution < -0.4 is 5.32 Å². The van der Waals surface area contributed by atoms with Crippen LogP contribution in [-0.2, 0) is 0 Å². The van der Waals surface area contributed by atoms with Crippen molar-refractivity contribution in [3.8, 4) is 5.69 Å². The third-order valence-electron chi connectivity index (χ3n) is 2.19. The van der Waals surface area contributed by atoms with Crippen molar-refractivity contribution in [2.24, 2.45) is 0 Å². The van der Waals surface area contributed by atoms with E-state index >= 15 is 0 Å². The fourth-order valence-electron chi connectivity index (χ4n) is 1.39. The molecule has 16 heavy (non-hydrogen) atoms. The van der Waals surface area contributed by atoms with Crippen LogP contribution in [0.25, 0.3) is 5.69 Å². The van der Waals surface area contributed by atoms with Gasteiger partial charge >= 0.3 is 0 Å². The van der Waals surface area contributed by atoms with Crippen molar-refractivity contribution in [3.05, 3.63) is 48.0 Å². The number of carbonyl (C=O) groups excluding carboxylic acids is 1. The molecule has 0 saturated heterocycles. The molecule has 1 amide bonds. The molecule has 82 valence electrons. The number of nitrogens with zero attached hydrogens (tertiary/aromatic N) is 2. The number of hydrogen-bond donors (Lipinski definition) is 1. The zero-order valence-corrected chi connectivity index (χ0v) is 8.64. The highest BCUT2D eigenvalue weighted by molar-refractivity contribution is 5.94. The van der Waals surface area contributed by atoms with Crippen LogP contribution >= 0.6 is 0 Å². The topological polar surface area (TPSA) is 46.9 Å². The molecule has 0 aliphatic carbocycles. The van der Waals surface area contributed by atoms with Crippen LogP contribution in [0.1, 0.15) is 10.4 Å². The lowest BCUT2D eigenvalue weighted by molar-refractivity contribution is 0.0959. The van der Waals surface area contributed by atoms with Crippen molar-refractivity contribution in [2.45, 2.75) is 0 Å². The Bertz CT molecular complexity index is 508. The number of carbonyl (C=O) groups is 1. The molecule has 0 atom stereocenters. The van der Waals surface area contributed by atoms with E-state index in [1.165, 1.54) is 23.9 Å². The lowest BCUT2D eigenvalue weighted by Crippen LogP contribution is -2.19. The van der Waals surface area contributed by atoms with E-state index in [1.807, 2.05) is 0 Å². The average Bonchev–Trinajstić information content (AvgIpc) is 2.81. The first kappa shape index (κ1) is 10.4. The van der Waals surface area contributed by atoms with Crippen LogP contribution in [0.4, 0.5) is 4.39 Å². The summed E-state index contributed by atoms with van der Waals surface area (Å²) < 4.78 is 15.1. The molecule has 1 N–H and O–H groups in total. The first-order chi connectivity index (χ1) is 7.72. The van der Waals surface area contributed by atoms with Crippen molar-refractivity contribution in [3.63, 3.8) is 0 Å². The fraction of sp³-hybridized carbons (Fsp3) is 0.0909. The molecule has 1 heterocycles. The highest BCUT2D eigenvalue weighted by atomic mass is 19.1. The molecule has 5 heteroatoms. The maximum atomic E-state index is 13.6. The Hall–Kier alpha value is -2.17. The highest BCUT2D eigenvalue weighted by Crippen LogP contribution is 2.13. The van der Waals surface area contributed by atoms with Gasteiger partial charge < -0.3 is 5.32 Å². The van der Waals surface area contributed by atoms with Crippen molar-refractivity contribution in [1.82, 2.24) is 15.1 Å². The van der Waals surface area contributed by atoms with Gasteiger partial charge in [-0.25, -0.2) is 9.07 Å². The van der Waals surface area contributed by atoms with E-state index in [9.17, 15) is 9.18 Å². The molecule has 0 aliphatic heterocycles. The molecule has 2 rings (SSSR count). The molecular weight excluding hydrogens is 209 g/mol. The summed E-state index contributed by atoms with van der Waals surface area (Å²) >= 11 is 0. The predicted molar refractivity (Wildman–Crippen MR) is 56.9 cm³/mol. The zero-order valence-electron chi connectivity index (χ0n) is 8.64. The Labute approximate surface area is 91.7 Å². The lowest BCUT2D eigenvalue weighted by atomic mass is 10.2. The van der Waals surface area contributed by atoms with Gasteiger partial charge in [0.1, 0.15) is 5.82 Å². The van der Waals surface area contributed by atoms with Gasteiger partial charge in [0.25, 0.3) is 5.91 Å². The smallest absolute Gasteiger partial charge is 0.253 e. The highest BCUT2D eigenvalue weighted by Gasteiger charge is 2.10. The van der Waals surface area contributed by atoms with Crippen LogP contribution in [0, 0.1) is 5.82 Å². The Morgan fingerprint density at radius 3 is 2.88 bits per heavy atom. The Kier molecular flexibility index (Phi) is 2.68. The lowest BCUT2D eigenvalue weighted by Gasteiger charge is -2.05. The average molecular weight is 219 g/mol. The Morgan fingerprint density at radius 1 is 1.50 bits per heavy atom. The summed E-state index contributed by atoms with van der Waals surface area (Å²) in [5.41, 5.74) is 0.605. The number of benzene rings is 1. The molecule has 0 spiro atoms. The van der Waals surface area contributed by atoms with Gasteiger partial charge in [-0.05, 0) is 18.2 Å². The Morgan fingerprint density at radius 2 is 2.31 bits per heavy atom. The third kappa shape index (κ3) is 1.79. The monoisotopic (exact) mass is 219 g/mol. The number of halogens is 1. The molecule has 0 aliphatic rings. The molecule has 1 aromatic carbocycles. The SMILES string of the molecule is CNC(=O)c1ccc(-n2cccn2)cc1F. The van der Waals surface area contributed by atoms with Crippen LogP contribution in [0.15, 0.2) is 36.7 Å². The summed E-state index contributed by atoms with van der Waals surface area (Å²) in [6.45, 7) is 0. The second kappa shape index (κ2) is 4.14. The van der Waals surface area contributed by atoms with Gasteiger partial charge in [-0.1, -0.05) is 0 Å². The maximum absolute atomic E-state index is 13.6. The van der Waals surface area contributed by atoms with E-state index in [-0.39, 0.29) is 5.56 Å². The van der Waals surface area contributed by atoms with Gasteiger partial charge in [-0.2, -0.15) is 5.10 Å². The van der Waals surface area contributed by atoms with E-state index in [1.54, 1.807) is 24.5 Å². The summed E-state index contributed by atoms with van der Waals surface area (Å²) in [6.07, 6.45) is 3.30. The second-order valence-corrected chi connectivity index (χ2v) is 3.19. The van der Waals surface area contributed by atoms with Crippen LogP contribution in [-0.4, -0.2) is 22.7 Å². The summed E-state index contributed by atoms with van der Waals surface area (Å²) in [5, 5.41) is 6.35. The summed E-state index contributed by atoms with van der Waals surface area (Å²) in [6, 6.07) is 6.09. The van der Waals surface area contributed by atoms with Gasteiger partial charge in [-0.3, -0.25) is 4.79 Å². The largest absolute Gasteiger partial charge is 0.355 e. The number of rotatable bonds is 2. The van der Waals surface area contributed by atoms with E-state index < -0.39 is 11.7 Å². The van der Waals surface area contributed by atoms with Crippen molar-refractivity contribution < 1.29 is 9.18 Å². The molecule has 0 fully saturated rings. The second-order valence-electron chi connectivity index (χ2n) is 3.19. The summed E-state index contributed by atoms with van der Waals surface area (Å²) in [5.74, 6) is -1.00. The molecule has 1 aromatic heterocycles. The van der Waals surface area contributed by atoms with Crippen LogP contribution in [0.3, 0.4) is 0 Å². The van der Waals surface area contributed by atoms with Gasteiger partial charge in [-0.15, -0.1) is 0 Å². The number of aromatic nitrogens is 2. The molecular formula is C11H10FN3O. The first-order valence-electron chi connectivity index (χ1n) is 4.74. The van der Waals surface area contributed by atoms with Gasteiger partial charge in [0.2, 0.25) is 0 Å². The van der Waals surface area contributed by atoms with Crippen molar-refractivity contribution in [1.29, 1.82) is 0 Å². The standard InChI is InChI=1S/C11H10FN3O/c1-13-11(16)9-4-3-8(7-10(9)12)15-6-2-5-14-15/h2-7H,1H3,(H,13,16). The van der Waals surface area contributed by atoms with Crippen molar-refractivity contribution >= 4 is 5.91 Å². The quantitative estimate of drug-likeness (QED) is 0.829. The Balaban J connectivity index is 2.41. The fourth-order valence-corrected chi connectivity index (χ4v) is 1.39. The van der Waals surface area contributed by atoms with E-state index in [0.717, 1.165) is 0 Å². The number of hydrogen-bond acceptors (Lipinski definition) is 2. The van der Waals surface area contributed by atoms with Gasteiger partial charge in [0, 0.05) is 25.5 Å². The number of amides is 1. The van der Waals surface area contributed by atoms with Gasteiger partial charge in [0.15, 0.2) is 0 Å². The maximum Gasteiger partial charge on any atom is 0.253 e. The third-order valence-corrected chi connectivity index (χ3v) is 2.19. The van der Waals surface area contributed by atoms with Crippen molar-refractivity contribution in [2.75, 3.05) is 7.05 Å². The summed E-state index contributed by atoms with van der Waals surface area (Å²) in [7, 11) is 1.46. The van der Waals surface area contributed by atoms with Crippen LogP contribution in [0.2, 0.25) is 0 Å². The van der Waals surface area contributed by atoms with E-state index in [2.05, 4.69) is 10.4 Å². The predicted octanol–water partition coefficient (Wildman–Crippen LogP) is 1.37. The van der Waals surface area contributed by atoms with Gasteiger partial charge in [0.05, 0.1) is 11.3 Å². The minimum atomic E-state index is -0.563. The number of nitrogens with one attached hydrogen (secondary N) is 1. The normalized spacial score (nSPS) is 10.1.